The molecule has 1 aromatic carbocycles. The van der Waals surface area contributed by atoms with Gasteiger partial charge in [-0.25, -0.2) is 9.50 Å². The lowest BCUT2D eigenvalue weighted by molar-refractivity contribution is 0.102. The number of fused-ring (bicyclic) bond motifs is 1. The van der Waals surface area contributed by atoms with Crippen LogP contribution in [0.3, 0.4) is 0 Å². The number of hydrogen-bond donors (Lipinski definition) is 1. The van der Waals surface area contributed by atoms with Crippen LogP contribution in [-0.4, -0.2) is 25.7 Å². The van der Waals surface area contributed by atoms with Crippen LogP contribution < -0.4 is 5.32 Å². The first-order valence-corrected chi connectivity index (χ1v) is 7.89. The summed E-state index contributed by atoms with van der Waals surface area (Å²) in [4.78, 5) is 16.7. The summed E-state index contributed by atoms with van der Waals surface area (Å²) < 4.78 is 6.71. The first-order valence-electron chi connectivity index (χ1n) is 7.13. The highest BCUT2D eigenvalue weighted by atomic mass is 35.5. The normalized spacial score (nSPS) is 11.0. The minimum absolute atomic E-state index is 0.270. The van der Waals surface area contributed by atoms with Crippen LogP contribution in [0.4, 0.5) is 5.69 Å². The molecule has 124 valence electrons. The summed E-state index contributed by atoms with van der Waals surface area (Å²) >= 11 is 11.9. The van der Waals surface area contributed by atoms with Gasteiger partial charge in [-0.05, 0) is 18.2 Å². The van der Waals surface area contributed by atoms with Crippen molar-refractivity contribution < 1.29 is 9.32 Å². The van der Waals surface area contributed by atoms with Crippen molar-refractivity contribution in [2.24, 2.45) is 0 Å². The Bertz CT molecular complexity index is 1090. The van der Waals surface area contributed by atoms with Crippen molar-refractivity contribution in [2.75, 3.05) is 5.32 Å². The second-order valence-corrected chi connectivity index (χ2v) is 5.93. The van der Waals surface area contributed by atoms with E-state index in [1.165, 1.54) is 16.9 Å². The summed E-state index contributed by atoms with van der Waals surface area (Å²) in [6, 6.07) is 8.63. The van der Waals surface area contributed by atoms with Gasteiger partial charge in [0.05, 0.1) is 12.4 Å². The van der Waals surface area contributed by atoms with Crippen molar-refractivity contribution >= 4 is 40.4 Å². The van der Waals surface area contributed by atoms with E-state index in [1.807, 2.05) is 0 Å². The molecule has 0 atom stereocenters. The van der Waals surface area contributed by atoms with Crippen molar-refractivity contribution in [3.8, 4) is 11.3 Å². The number of aromatic nitrogens is 4. The maximum atomic E-state index is 12.6. The van der Waals surface area contributed by atoms with Gasteiger partial charge in [0.2, 0.25) is 0 Å². The average Bonchev–Trinajstić information content (AvgIpc) is 3.21. The third-order valence-corrected chi connectivity index (χ3v) is 3.93. The van der Waals surface area contributed by atoms with Gasteiger partial charge in [0, 0.05) is 16.8 Å². The first kappa shape index (κ1) is 15.6. The predicted molar refractivity (Wildman–Crippen MR) is 92.9 cm³/mol. The fraction of sp³-hybridized carbons (Fsp3) is 0. The van der Waals surface area contributed by atoms with Gasteiger partial charge in [0.15, 0.2) is 11.4 Å². The SMILES string of the molecule is O=C(Nc1cnoc1-c1cccc(Cl)c1)c1cnn2ccc(Cl)nc12. The highest BCUT2D eigenvalue weighted by Crippen LogP contribution is 2.30. The van der Waals surface area contributed by atoms with Crippen molar-refractivity contribution in [2.45, 2.75) is 0 Å². The van der Waals surface area contributed by atoms with E-state index < -0.39 is 5.91 Å². The van der Waals surface area contributed by atoms with Gasteiger partial charge in [-0.3, -0.25) is 4.79 Å². The molecular weight excluding hydrogens is 365 g/mol. The lowest BCUT2D eigenvalue weighted by Crippen LogP contribution is -2.12. The number of nitrogens with zero attached hydrogens (tertiary/aromatic N) is 4. The van der Waals surface area contributed by atoms with E-state index in [0.717, 1.165) is 0 Å². The minimum atomic E-state index is -0.406. The predicted octanol–water partition coefficient (Wildman–Crippen LogP) is 3.94. The number of nitrogens with one attached hydrogen (secondary N) is 1. The van der Waals surface area contributed by atoms with Gasteiger partial charge in [0.1, 0.15) is 16.4 Å². The van der Waals surface area contributed by atoms with Gasteiger partial charge in [-0.15, -0.1) is 0 Å². The van der Waals surface area contributed by atoms with Crippen molar-refractivity contribution in [1.29, 1.82) is 0 Å². The summed E-state index contributed by atoms with van der Waals surface area (Å²) in [6.07, 6.45) is 4.46. The molecule has 0 bridgehead atoms. The van der Waals surface area contributed by atoms with Crippen LogP contribution in [-0.2, 0) is 0 Å². The molecule has 3 aromatic heterocycles. The van der Waals surface area contributed by atoms with Crippen LogP contribution in [0.1, 0.15) is 10.4 Å². The molecule has 1 amide bonds. The fourth-order valence-corrected chi connectivity index (χ4v) is 2.69. The summed E-state index contributed by atoms with van der Waals surface area (Å²) in [7, 11) is 0. The number of rotatable bonds is 3. The second kappa shape index (κ2) is 6.19. The van der Waals surface area contributed by atoms with E-state index in [2.05, 4.69) is 20.6 Å². The van der Waals surface area contributed by atoms with E-state index in [0.29, 0.717) is 27.7 Å². The highest BCUT2D eigenvalue weighted by molar-refractivity contribution is 6.31. The third-order valence-electron chi connectivity index (χ3n) is 3.49. The Morgan fingerprint density at radius 3 is 2.92 bits per heavy atom. The zero-order valence-electron chi connectivity index (χ0n) is 12.5. The molecule has 0 radical (unpaired) electrons. The molecule has 0 saturated heterocycles. The van der Waals surface area contributed by atoms with Crippen LogP contribution in [0, 0.1) is 0 Å². The zero-order valence-corrected chi connectivity index (χ0v) is 14.0. The summed E-state index contributed by atoms with van der Waals surface area (Å²) in [5.74, 6) is -0.00504. The maximum absolute atomic E-state index is 12.6. The van der Waals surface area contributed by atoms with Crippen molar-refractivity contribution in [3.63, 3.8) is 0 Å². The fourth-order valence-electron chi connectivity index (χ4n) is 2.36. The number of carbonyl (C=O) groups excluding carboxylic acids is 1. The molecule has 4 rings (SSSR count). The topological polar surface area (TPSA) is 85.3 Å². The number of amides is 1. The lowest BCUT2D eigenvalue weighted by atomic mass is 10.1. The Kier molecular flexibility index (Phi) is 3.87. The van der Waals surface area contributed by atoms with Gasteiger partial charge < -0.3 is 9.84 Å². The summed E-state index contributed by atoms with van der Waals surface area (Å²) in [5.41, 5.74) is 1.74. The molecule has 7 nitrogen and oxygen atoms in total. The van der Waals surface area contributed by atoms with E-state index >= 15 is 0 Å². The number of hydrogen-bond acceptors (Lipinski definition) is 5. The van der Waals surface area contributed by atoms with Crippen LogP contribution in [0.25, 0.3) is 17.0 Å². The quantitative estimate of drug-likeness (QED) is 0.549. The zero-order chi connectivity index (χ0) is 17.4. The van der Waals surface area contributed by atoms with E-state index in [4.69, 9.17) is 27.7 Å². The van der Waals surface area contributed by atoms with E-state index in [-0.39, 0.29) is 10.7 Å². The Morgan fingerprint density at radius 1 is 1.20 bits per heavy atom. The molecule has 25 heavy (non-hydrogen) atoms. The summed E-state index contributed by atoms with van der Waals surface area (Å²) in [6.45, 7) is 0. The monoisotopic (exact) mass is 373 g/mol. The third kappa shape index (κ3) is 2.95. The van der Waals surface area contributed by atoms with Crippen LogP contribution >= 0.6 is 23.2 Å². The molecule has 4 aromatic rings. The van der Waals surface area contributed by atoms with Gasteiger partial charge in [-0.2, -0.15) is 5.10 Å². The van der Waals surface area contributed by atoms with Crippen molar-refractivity contribution in [1.82, 2.24) is 19.8 Å². The van der Waals surface area contributed by atoms with E-state index in [1.54, 1.807) is 36.5 Å². The van der Waals surface area contributed by atoms with Crippen LogP contribution in [0.2, 0.25) is 10.2 Å². The molecule has 0 aliphatic heterocycles. The maximum Gasteiger partial charge on any atom is 0.261 e. The van der Waals surface area contributed by atoms with Gasteiger partial charge in [0.25, 0.3) is 5.91 Å². The van der Waals surface area contributed by atoms with Gasteiger partial charge in [-0.1, -0.05) is 40.5 Å². The molecule has 0 fully saturated rings. The van der Waals surface area contributed by atoms with Crippen molar-refractivity contribution in [3.05, 3.63) is 64.7 Å². The molecule has 1 N–H and O–H groups in total. The smallest absolute Gasteiger partial charge is 0.261 e. The highest BCUT2D eigenvalue weighted by Gasteiger charge is 2.18. The molecule has 0 aliphatic rings. The number of anilines is 1. The second-order valence-electron chi connectivity index (χ2n) is 5.11. The number of halogens is 2. The lowest BCUT2D eigenvalue weighted by Gasteiger charge is -2.04. The summed E-state index contributed by atoms with van der Waals surface area (Å²) in [5, 5.41) is 11.4. The Hall–Kier alpha value is -2.90. The molecule has 9 heteroatoms. The van der Waals surface area contributed by atoms with Gasteiger partial charge >= 0.3 is 0 Å². The molecule has 0 spiro atoms. The Balaban J connectivity index is 1.68. The Labute approximate surface area is 151 Å². The molecule has 0 saturated carbocycles. The van der Waals surface area contributed by atoms with Crippen LogP contribution in [0.5, 0.6) is 0 Å². The number of benzene rings is 1. The minimum Gasteiger partial charge on any atom is -0.354 e. The standard InChI is InChI=1S/C16H9Cl2N5O2/c17-10-3-1-2-9(6-10)14-12(8-20-25-14)21-16(24)11-7-19-23-5-4-13(18)22-15(11)23/h1-8H,(H,21,24). The number of carbonyl (C=O) groups is 1. The average molecular weight is 374 g/mol. The largest absolute Gasteiger partial charge is 0.354 e. The molecule has 3 heterocycles. The molecule has 0 unspecified atom stereocenters. The first-order chi connectivity index (χ1) is 12.1. The molecule has 0 aliphatic carbocycles. The Morgan fingerprint density at radius 2 is 2.08 bits per heavy atom. The van der Waals surface area contributed by atoms with Crippen LogP contribution in [0.15, 0.2) is 53.4 Å². The van der Waals surface area contributed by atoms with E-state index in [9.17, 15) is 4.79 Å². The molecular formula is C16H9Cl2N5O2.